The molecule has 92 valence electrons. The molecular weight excluding hydrogens is 277 g/mol. The third kappa shape index (κ3) is 2.88. The van der Waals surface area contributed by atoms with Gasteiger partial charge in [-0.15, -0.1) is 0 Å². The third-order valence-electron chi connectivity index (χ3n) is 2.10. The van der Waals surface area contributed by atoms with Gasteiger partial charge in [0, 0.05) is 12.4 Å². The number of H-pyrrole nitrogens is 2. The first-order valence-corrected chi connectivity index (χ1v) is 5.63. The van der Waals surface area contributed by atoms with E-state index in [9.17, 15) is 9.59 Å². The predicted octanol–water partition coefficient (Wildman–Crippen LogP) is 2.12. The Balaban J connectivity index is 2.33. The van der Waals surface area contributed by atoms with Gasteiger partial charge in [0.15, 0.2) is 0 Å². The predicted molar refractivity (Wildman–Crippen MR) is 71.4 cm³/mol. The molecule has 0 spiro atoms. The van der Waals surface area contributed by atoms with Crippen LogP contribution in [0, 0.1) is 0 Å². The number of rotatable bonds is 2. The zero-order valence-corrected chi connectivity index (χ0v) is 10.4. The Bertz CT molecular complexity index is 719. The number of halogens is 2. The first-order valence-electron chi connectivity index (χ1n) is 4.87. The lowest BCUT2D eigenvalue weighted by Crippen LogP contribution is -2.20. The van der Waals surface area contributed by atoms with Crippen molar-refractivity contribution in [3.63, 3.8) is 0 Å². The van der Waals surface area contributed by atoms with Gasteiger partial charge in [0.1, 0.15) is 5.69 Å². The second-order valence-corrected chi connectivity index (χ2v) is 4.20. The van der Waals surface area contributed by atoms with E-state index in [-0.39, 0.29) is 5.69 Å². The molecule has 0 fully saturated rings. The molecule has 0 unspecified atom stereocenters. The van der Waals surface area contributed by atoms with Crippen molar-refractivity contribution in [1.29, 1.82) is 0 Å². The number of aromatic amines is 2. The van der Waals surface area contributed by atoms with Gasteiger partial charge in [-0.1, -0.05) is 29.3 Å². The SMILES string of the molecule is O=c1[nH]cc(N=Cc2ccc(Cl)c(Cl)c2)c(=O)[nH]1. The monoisotopic (exact) mass is 283 g/mol. The average Bonchev–Trinajstić information content (AvgIpc) is 2.32. The molecule has 7 heteroatoms. The smallest absolute Gasteiger partial charge is 0.312 e. The molecule has 2 rings (SSSR count). The molecule has 0 atom stereocenters. The maximum atomic E-state index is 11.3. The van der Waals surface area contributed by atoms with E-state index in [0.29, 0.717) is 15.6 Å². The molecule has 0 bridgehead atoms. The number of hydrogen-bond donors (Lipinski definition) is 2. The van der Waals surface area contributed by atoms with Crippen LogP contribution in [0.4, 0.5) is 5.69 Å². The van der Waals surface area contributed by atoms with Crippen molar-refractivity contribution in [1.82, 2.24) is 9.97 Å². The molecule has 0 saturated carbocycles. The Hall–Kier alpha value is -1.85. The van der Waals surface area contributed by atoms with Crippen LogP contribution in [0.5, 0.6) is 0 Å². The number of aromatic nitrogens is 2. The number of benzene rings is 1. The van der Waals surface area contributed by atoms with Gasteiger partial charge < -0.3 is 4.98 Å². The summed E-state index contributed by atoms with van der Waals surface area (Å²) in [6, 6.07) is 4.95. The molecule has 1 aromatic heterocycles. The van der Waals surface area contributed by atoms with Crippen LogP contribution in [0.25, 0.3) is 0 Å². The van der Waals surface area contributed by atoms with E-state index in [1.807, 2.05) is 0 Å². The van der Waals surface area contributed by atoms with E-state index >= 15 is 0 Å². The van der Waals surface area contributed by atoms with Gasteiger partial charge >= 0.3 is 5.69 Å². The fourth-order valence-corrected chi connectivity index (χ4v) is 1.54. The highest BCUT2D eigenvalue weighted by Crippen LogP contribution is 2.21. The van der Waals surface area contributed by atoms with Gasteiger partial charge in [-0.3, -0.25) is 9.78 Å². The van der Waals surface area contributed by atoms with E-state index < -0.39 is 11.2 Å². The van der Waals surface area contributed by atoms with E-state index in [0.717, 1.165) is 0 Å². The molecule has 2 N–H and O–H groups in total. The number of nitrogens with one attached hydrogen (secondary N) is 2. The standard InChI is InChI=1S/C11H7Cl2N3O2/c12-7-2-1-6(3-8(7)13)4-14-9-5-15-11(18)16-10(9)17/h1-5H,(H2,15,16,17,18). The van der Waals surface area contributed by atoms with Crippen molar-refractivity contribution in [2.75, 3.05) is 0 Å². The summed E-state index contributed by atoms with van der Waals surface area (Å²) in [5, 5.41) is 0.840. The van der Waals surface area contributed by atoms with Crippen molar-refractivity contribution >= 4 is 35.1 Å². The highest BCUT2D eigenvalue weighted by atomic mass is 35.5. The van der Waals surface area contributed by atoms with Crippen LogP contribution < -0.4 is 11.2 Å². The van der Waals surface area contributed by atoms with Crippen LogP contribution in [0.1, 0.15) is 5.56 Å². The van der Waals surface area contributed by atoms with Gasteiger partial charge in [-0.05, 0) is 17.7 Å². The molecule has 1 heterocycles. The summed E-state index contributed by atoms with van der Waals surface area (Å²) in [5.74, 6) is 0. The maximum Gasteiger partial charge on any atom is 0.325 e. The van der Waals surface area contributed by atoms with Gasteiger partial charge in [0.25, 0.3) is 5.56 Å². The summed E-state index contributed by atoms with van der Waals surface area (Å²) in [6.45, 7) is 0. The van der Waals surface area contributed by atoms with Crippen LogP contribution in [0.2, 0.25) is 10.0 Å². The molecule has 0 saturated heterocycles. The summed E-state index contributed by atoms with van der Waals surface area (Å²) in [7, 11) is 0. The highest BCUT2D eigenvalue weighted by molar-refractivity contribution is 6.42. The van der Waals surface area contributed by atoms with E-state index in [2.05, 4.69) is 15.0 Å². The Morgan fingerprint density at radius 3 is 2.61 bits per heavy atom. The lowest BCUT2D eigenvalue weighted by molar-refractivity contribution is 1.03. The summed E-state index contributed by atoms with van der Waals surface area (Å²) >= 11 is 11.6. The highest BCUT2D eigenvalue weighted by Gasteiger charge is 1.99. The molecule has 18 heavy (non-hydrogen) atoms. The third-order valence-corrected chi connectivity index (χ3v) is 2.84. The van der Waals surface area contributed by atoms with Crippen LogP contribution in [0.15, 0.2) is 39.0 Å². The van der Waals surface area contributed by atoms with Crippen molar-refractivity contribution in [2.24, 2.45) is 4.99 Å². The Labute approximate surface area is 111 Å². The van der Waals surface area contributed by atoms with Gasteiger partial charge in [0.05, 0.1) is 10.0 Å². The van der Waals surface area contributed by atoms with Crippen LogP contribution in [-0.4, -0.2) is 16.2 Å². The molecule has 0 radical (unpaired) electrons. The molecular formula is C11H7Cl2N3O2. The lowest BCUT2D eigenvalue weighted by atomic mass is 10.2. The second-order valence-electron chi connectivity index (χ2n) is 3.39. The summed E-state index contributed by atoms with van der Waals surface area (Å²) < 4.78 is 0. The minimum absolute atomic E-state index is 0.0978. The average molecular weight is 284 g/mol. The number of aliphatic imine (C=N–C) groups is 1. The van der Waals surface area contributed by atoms with Crippen molar-refractivity contribution in [3.8, 4) is 0 Å². The molecule has 1 aromatic carbocycles. The molecule has 0 aliphatic carbocycles. The first-order chi connectivity index (χ1) is 8.56. The topological polar surface area (TPSA) is 78.1 Å². The summed E-state index contributed by atoms with van der Waals surface area (Å²) in [4.78, 5) is 30.5. The normalized spacial score (nSPS) is 11.0. The quantitative estimate of drug-likeness (QED) is 0.828. The van der Waals surface area contributed by atoms with Gasteiger partial charge in [0.2, 0.25) is 0 Å². The maximum absolute atomic E-state index is 11.3. The van der Waals surface area contributed by atoms with E-state index in [1.54, 1.807) is 18.2 Å². The largest absolute Gasteiger partial charge is 0.325 e. The van der Waals surface area contributed by atoms with E-state index in [4.69, 9.17) is 23.2 Å². The Morgan fingerprint density at radius 1 is 1.17 bits per heavy atom. The van der Waals surface area contributed by atoms with Crippen LogP contribution >= 0.6 is 23.2 Å². The summed E-state index contributed by atoms with van der Waals surface area (Å²) in [6.07, 6.45) is 2.68. The van der Waals surface area contributed by atoms with Gasteiger partial charge in [-0.2, -0.15) is 0 Å². The zero-order valence-electron chi connectivity index (χ0n) is 8.91. The molecule has 0 aliphatic heterocycles. The number of hydrogen-bond acceptors (Lipinski definition) is 3. The lowest BCUT2D eigenvalue weighted by Gasteiger charge is -1.97. The minimum atomic E-state index is -0.575. The Morgan fingerprint density at radius 2 is 1.94 bits per heavy atom. The van der Waals surface area contributed by atoms with Crippen molar-refractivity contribution in [3.05, 3.63) is 60.8 Å². The van der Waals surface area contributed by atoms with E-state index in [1.165, 1.54) is 12.4 Å². The fraction of sp³-hybridized carbons (Fsp3) is 0. The molecule has 0 amide bonds. The fourth-order valence-electron chi connectivity index (χ4n) is 1.24. The molecule has 0 aliphatic rings. The van der Waals surface area contributed by atoms with Gasteiger partial charge in [-0.25, -0.2) is 9.79 Å². The zero-order chi connectivity index (χ0) is 13.1. The van der Waals surface area contributed by atoms with Crippen LogP contribution in [-0.2, 0) is 0 Å². The number of nitrogens with zero attached hydrogens (tertiary/aromatic N) is 1. The minimum Gasteiger partial charge on any atom is -0.312 e. The summed E-state index contributed by atoms with van der Waals surface area (Å²) in [5.41, 5.74) is -0.348. The molecule has 2 aromatic rings. The van der Waals surface area contributed by atoms with Crippen molar-refractivity contribution in [2.45, 2.75) is 0 Å². The second kappa shape index (κ2) is 5.20. The first kappa shape index (κ1) is 12.6. The molecule has 5 nitrogen and oxygen atoms in total. The van der Waals surface area contributed by atoms with Crippen LogP contribution in [0.3, 0.4) is 0 Å². The Kier molecular flexibility index (Phi) is 3.64. The van der Waals surface area contributed by atoms with Crippen molar-refractivity contribution < 1.29 is 0 Å².